The molecule has 0 nitrogen and oxygen atoms in total. The summed E-state index contributed by atoms with van der Waals surface area (Å²) in [4.78, 5) is 0. The maximum absolute atomic E-state index is 4.59. The normalized spacial score (nSPS) is 17.5. The van der Waals surface area contributed by atoms with Gasteiger partial charge in [0.2, 0.25) is 0 Å². The van der Waals surface area contributed by atoms with Crippen LogP contribution in [0.2, 0.25) is 0 Å². The Balaban J connectivity index is 3.57. The van der Waals surface area contributed by atoms with Crippen molar-refractivity contribution < 1.29 is 0 Å². The molecule has 0 rings (SSSR count). The van der Waals surface area contributed by atoms with Crippen molar-refractivity contribution in [3.05, 3.63) is 0 Å². The first-order chi connectivity index (χ1) is 5.27. The average Bonchev–Trinajstić information content (AvgIpc) is 1.84. The lowest BCUT2D eigenvalue weighted by molar-refractivity contribution is 0.501. The summed E-state index contributed by atoms with van der Waals surface area (Å²) in [5.41, 5.74) is 0. The van der Waals surface area contributed by atoms with E-state index in [4.69, 9.17) is 0 Å². The van der Waals surface area contributed by atoms with E-state index >= 15 is 0 Å². The fourth-order valence-corrected chi connectivity index (χ4v) is 1.39. The van der Waals surface area contributed by atoms with E-state index in [1.165, 1.54) is 19.3 Å². The van der Waals surface area contributed by atoms with Gasteiger partial charge in [-0.3, -0.25) is 0 Å². The zero-order chi connectivity index (χ0) is 9.83. The second-order valence-electron chi connectivity index (χ2n) is 4.52. The van der Waals surface area contributed by atoms with Gasteiger partial charge in [0.15, 0.2) is 0 Å². The molecule has 0 heterocycles. The topological polar surface area (TPSA) is 0 Å². The number of hydrogen-bond donors (Lipinski definition) is 2. The van der Waals surface area contributed by atoms with Gasteiger partial charge in [0.1, 0.15) is 0 Å². The quantitative estimate of drug-likeness (QED) is 0.625. The van der Waals surface area contributed by atoms with Crippen molar-refractivity contribution in [3.8, 4) is 0 Å². The molecule has 12 heavy (non-hydrogen) atoms. The second-order valence-corrected chi connectivity index (χ2v) is 6.81. The van der Waals surface area contributed by atoms with Crippen LogP contribution in [0.4, 0.5) is 0 Å². The van der Waals surface area contributed by atoms with Gasteiger partial charge in [0, 0.05) is 9.49 Å². The van der Waals surface area contributed by atoms with Gasteiger partial charge in [-0.05, 0) is 19.3 Å². The molecular formula is C10H22S2. The summed E-state index contributed by atoms with van der Waals surface area (Å²) in [6.45, 7) is 8.73. The molecule has 1 atom stereocenters. The van der Waals surface area contributed by atoms with E-state index < -0.39 is 0 Å². The van der Waals surface area contributed by atoms with Crippen LogP contribution in [0.15, 0.2) is 0 Å². The Bertz CT molecular complexity index is 122. The van der Waals surface area contributed by atoms with Crippen molar-refractivity contribution in [2.45, 2.75) is 62.9 Å². The zero-order valence-electron chi connectivity index (χ0n) is 8.72. The monoisotopic (exact) mass is 206 g/mol. The highest BCUT2D eigenvalue weighted by molar-refractivity contribution is 7.82. The first-order valence-corrected chi connectivity index (χ1v) is 5.61. The predicted molar refractivity (Wildman–Crippen MR) is 64.6 cm³/mol. The fraction of sp³-hybridized carbons (Fsp3) is 1.00. The van der Waals surface area contributed by atoms with Crippen LogP contribution in [-0.2, 0) is 0 Å². The van der Waals surface area contributed by atoms with E-state index in [2.05, 4.69) is 53.0 Å². The van der Waals surface area contributed by atoms with Gasteiger partial charge in [-0.1, -0.05) is 34.1 Å². The molecule has 0 aliphatic rings. The Morgan fingerprint density at radius 2 is 1.50 bits per heavy atom. The molecule has 0 radical (unpaired) electrons. The molecule has 0 amide bonds. The lowest BCUT2D eigenvalue weighted by Gasteiger charge is -2.24. The molecule has 0 aromatic heterocycles. The van der Waals surface area contributed by atoms with Crippen molar-refractivity contribution in [1.82, 2.24) is 0 Å². The fourth-order valence-electron chi connectivity index (χ4n) is 1.08. The smallest absolute Gasteiger partial charge is 0.00987 e. The van der Waals surface area contributed by atoms with E-state index in [9.17, 15) is 0 Å². The van der Waals surface area contributed by atoms with Gasteiger partial charge in [-0.15, -0.1) is 0 Å². The Hall–Kier alpha value is 0.700. The van der Waals surface area contributed by atoms with Crippen LogP contribution >= 0.6 is 25.3 Å². The van der Waals surface area contributed by atoms with Gasteiger partial charge in [0.25, 0.3) is 0 Å². The molecule has 0 saturated carbocycles. The summed E-state index contributed by atoms with van der Waals surface area (Å²) < 4.78 is 0.399. The van der Waals surface area contributed by atoms with Gasteiger partial charge >= 0.3 is 0 Å². The van der Waals surface area contributed by atoms with Crippen LogP contribution in [0.3, 0.4) is 0 Å². The standard InChI is InChI=1S/C10H22S2/c1-5-10(4,12)8-6-7-9(2,3)11/h11-12H,5-8H2,1-4H3. The molecule has 0 aliphatic heterocycles. The second kappa shape index (κ2) is 4.80. The largest absolute Gasteiger partial charge is 0.173 e. The van der Waals surface area contributed by atoms with Crippen LogP contribution in [-0.4, -0.2) is 9.49 Å². The molecule has 0 bridgehead atoms. The Kier molecular flexibility index (Phi) is 5.08. The lowest BCUT2D eigenvalue weighted by atomic mass is 9.97. The highest BCUT2D eigenvalue weighted by atomic mass is 32.1. The molecule has 0 spiro atoms. The van der Waals surface area contributed by atoms with E-state index in [0.717, 1.165) is 6.42 Å². The Morgan fingerprint density at radius 1 is 1.00 bits per heavy atom. The minimum atomic E-state index is 0.178. The first kappa shape index (κ1) is 12.7. The number of hydrogen-bond acceptors (Lipinski definition) is 2. The van der Waals surface area contributed by atoms with Crippen LogP contribution in [0.1, 0.15) is 53.4 Å². The third-order valence-corrected chi connectivity index (χ3v) is 3.03. The van der Waals surface area contributed by atoms with Crippen molar-refractivity contribution in [3.63, 3.8) is 0 Å². The highest BCUT2D eigenvalue weighted by Crippen LogP contribution is 2.28. The van der Waals surface area contributed by atoms with Crippen molar-refractivity contribution in [1.29, 1.82) is 0 Å². The van der Waals surface area contributed by atoms with E-state index in [1.54, 1.807) is 0 Å². The van der Waals surface area contributed by atoms with E-state index in [-0.39, 0.29) is 9.49 Å². The van der Waals surface area contributed by atoms with Gasteiger partial charge < -0.3 is 0 Å². The Morgan fingerprint density at radius 3 is 1.83 bits per heavy atom. The summed E-state index contributed by atoms with van der Waals surface area (Å²) in [6, 6.07) is 0. The zero-order valence-corrected chi connectivity index (χ0v) is 10.5. The molecule has 0 aromatic carbocycles. The van der Waals surface area contributed by atoms with Crippen molar-refractivity contribution >= 4 is 25.3 Å². The predicted octanol–water partition coefficient (Wildman–Crippen LogP) is 3.96. The van der Waals surface area contributed by atoms with Gasteiger partial charge in [-0.25, -0.2) is 0 Å². The molecule has 0 N–H and O–H groups in total. The van der Waals surface area contributed by atoms with Gasteiger partial charge in [0.05, 0.1) is 0 Å². The molecule has 0 fully saturated rings. The van der Waals surface area contributed by atoms with Crippen LogP contribution in [0.5, 0.6) is 0 Å². The minimum Gasteiger partial charge on any atom is -0.173 e. The van der Waals surface area contributed by atoms with Crippen LogP contribution in [0.25, 0.3) is 0 Å². The third kappa shape index (κ3) is 7.35. The highest BCUT2D eigenvalue weighted by Gasteiger charge is 2.18. The van der Waals surface area contributed by atoms with E-state index in [0.29, 0.717) is 0 Å². The van der Waals surface area contributed by atoms with Crippen LogP contribution in [0, 0.1) is 0 Å². The van der Waals surface area contributed by atoms with Crippen LogP contribution < -0.4 is 0 Å². The molecule has 0 aliphatic carbocycles. The van der Waals surface area contributed by atoms with Gasteiger partial charge in [-0.2, -0.15) is 25.3 Å². The minimum absolute atomic E-state index is 0.178. The molecule has 1 unspecified atom stereocenters. The third-order valence-electron chi connectivity index (χ3n) is 2.27. The number of rotatable bonds is 5. The summed E-state index contributed by atoms with van der Waals surface area (Å²) >= 11 is 9.08. The SMILES string of the molecule is CCC(C)(S)CCCC(C)(C)S. The maximum Gasteiger partial charge on any atom is 0.00987 e. The summed E-state index contributed by atoms with van der Waals surface area (Å²) in [7, 11) is 0. The molecule has 0 aromatic rings. The molecule has 0 saturated heterocycles. The van der Waals surface area contributed by atoms with E-state index in [1.807, 2.05) is 0 Å². The summed E-state index contributed by atoms with van der Waals surface area (Å²) in [5.74, 6) is 0. The average molecular weight is 206 g/mol. The molecular weight excluding hydrogens is 184 g/mol. The first-order valence-electron chi connectivity index (χ1n) is 4.71. The Labute approximate surface area is 88.3 Å². The summed E-state index contributed by atoms with van der Waals surface area (Å²) in [5, 5.41) is 0. The number of thiol groups is 2. The van der Waals surface area contributed by atoms with Crippen molar-refractivity contribution in [2.75, 3.05) is 0 Å². The maximum atomic E-state index is 4.59. The van der Waals surface area contributed by atoms with Crippen molar-refractivity contribution in [2.24, 2.45) is 0 Å². The lowest BCUT2D eigenvalue weighted by Crippen LogP contribution is -2.17. The molecule has 2 heteroatoms. The molecule has 74 valence electrons. The summed E-state index contributed by atoms with van der Waals surface area (Å²) in [6.07, 6.45) is 4.73.